The van der Waals surface area contributed by atoms with Crippen LogP contribution >= 0.6 is 11.6 Å². The molecule has 3 aromatic rings. The molecule has 134 valence electrons. The average molecular weight is 372 g/mol. The van der Waals surface area contributed by atoms with Crippen LogP contribution in [0.3, 0.4) is 0 Å². The second-order valence-corrected chi connectivity index (χ2v) is 6.07. The molecule has 0 aliphatic rings. The van der Waals surface area contributed by atoms with Crippen LogP contribution in [0.15, 0.2) is 52.9 Å². The van der Waals surface area contributed by atoms with E-state index in [1.165, 1.54) is 0 Å². The normalized spacial score (nSPS) is 10.5. The van der Waals surface area contributed by atoms with Gasteiger partial charge in [0.05, 0.1) is 7.11 Å². The number of ether oxygens (including phenoxy) is 1. The van der Waals surface area contributed by atoms with Crippen LogP contribution in [0, 0.1) is 0 Å². The molecule has 1 N–H and O–H groups in total. The number of carbonyl (C=O) groups excluding carboxylic acids is 1. The van der Waals surface area contributed by atoms with Crippen LogP contribution < -0.4 is 10.1 Å². The maximum Gasteiger partial charge on any atom is 0.247 e. The second-order valence-electron chi connectivity index (χ2n) is 5.63. The lowest BCUT2D eigenvalue weighted by Crippen LogP contribution is -2.23. The van der Waals surface area contributed by atoms with Gasteiger partial charge in [-0.05, 0) is 42.0 Å². The van der Waals surface area contributed by atoms with Crippen molar-refractivity contribution in [2.24, 2.45) is 0 Å². The molecule has 0 saturated carbocycles. The van der Waals surface area contributed by atoms with E-state index in [1.807, 2.05) is 24.3 Å². The largest absolute Gasteiger partial charge is 0.497 e. The minimum atomic E-state index is -0.0768. The zero-order valence-corrected chi connectivity index (χ0v) is 15.0. The van der Waals surface area contributed by atoms with Crippen LogP contribution in [0.1, 0.15) is 17.9 Å². The molecule has 0 fully saturated rings. The van der Waals surface area contributed by atoms with Gasteiger partial charge in [-0.3, -0.25) is 4.79 Å². The molecule has 0 saturated heterocycles. The topological polar surface area (TPSA) is 77.2 Å². The summed E-state index contributed by atoms with van der Waals surface area (Å²) < 4.78 is 10.7. The van der Waals surface area contributed by atoms with Crippen LogP contribution in [-0.4, -0.2) is 23.2 Å². The van der Waals surface area contributed by atoms with E-state index in [2.05, 4.69) is 15.5 Å². The van der Waals surface area contributed by atoms with Gasteiger partial charge in [0.25, 0.3) is 0 Å². The zero-order chi connectivity index (χ0) is 18.4. The number of benzene rings is 2. The van der Waals surface area contributed by atoms with Gasteiger partial charge in [-0.25, -0.2) is 0 Å². The molecule has 0 aliphatic heterocycles. The lowest BCUT2D eigenvalue weighted by molar-refractivity contribution is -0.121. The summed E-state index contributed by atoms with van der Waals surface area (Å²) in [5.41, 5.74) is 1.79. The molecule has 0 bridgehead atoms. The van der Waals surface area contributed by atoms with Crippen molar-refractivity contribution in [1.29, 1.82) is 0 Å². The molecule has 0 atom stereocenters. The number of aromatic nitrogens is 2. The van der Waals surface area contributed by atoms with Crippen LogP contribution in [0.2, 0.25) is 5.02 Å². The molecule has 6 nitrogen and oxygen atoms in total. The van der Waals surface area contributed by atoms with Crippen LogP contribution in [0.4, 0.5) is 0 Å². The Morgan fingerprint density at radius 2 is 1.85 bits per heavy atom. The van der Waals surface area contributed by atoms with E-state index < -0.39 is 0 Å². The number of nitrogens with zero attached hydrogens (tertiary/aromatic N) is 2. The van der Waals surface area contributed by atoms with Crippen molar-refractivity contribution >= 4 is 17.5 Å². The van der Waals surface area contributed by atoms with Gasteiger partial charge in [-0.2, -0.15) is 0 Å². The Hall–Kier alpha value is -2.86. The Morgan fingerprint density at radius 3 is 2.54 bits per heavy atom. The fourth-order valence-corrected chi connectivity index (χ4v) is 2.44. The van der Waals surface area contributed by atoms with Crippen molar-refractivity contribution in [2.75, 3.05) is 7.11 Å². The van der Waals surface area contributed by atoms with Gasteiger partial charge in [-0.1, -0.05) is 23.7 Å². The van der Waals surface area contributed by atoms with Gasteiger partial charge < -0.3 is 14.5 Å². The summed E-state index contributed by atoms with van der Waals surface area (Å²) in [6, 6.07) is 14.7. The highest BCUT2D eigenvalue weighted by Gasteiger charge is 2.10. The number of halogens is 1. The lowest BCUT2D eigenvalue weighted by atomic mass is 10.2. The van der Waals surface area contributed by atoms with Gasteiger partial charge in [0, 0.05) is 30.0 Å². The molecule has 1 amide bonds. The number of hydrogen-bond donors (Lipinski definition) is 1. The number of hydrogen-bond acceptors (Lipinski definition) is 5. The van der Waals surface area contributed by atoms with Gasteiger partial charge >= 0.3 is 0 Å². The molecular weight excluding hydrogens is 354 g/mol. The molecule has 1 heterocycles. The van der Waals surface area contributed by atoms with Crippen LogP contribution in [0.25, 0.3) is 11.5 Å². The van der Waals surface area contributed by atoms with E-state index in [1.54, 1.807) is 31.4 Å². The molecule has 0 radical (unpaired) electrons. The first-order valence-corrected chi connectivity index (χ1v) is 8.50. The molecule has 3 rings (SSSR count). The Balaban J connectivity index is 1.47. The minimum absolute atomic E-state index is 0.0768. The summed E-state index contributed by atoms with van der Waals surface area (Å²) in [5.74, 6) is 1.55. The predicted octanol–water partition coefficient (Wildman–Crippen LogP) is 3.65. The highest BCUT2D eigenvalue weighted by Crippen LogP contribution is 2.20. The maximum absolute atomic E-state index is 12.0. The molecular formula is C19H18ClN3O3. The summed E-state index contributed by atoms with van der Waals surface area (Å²) in [6.45, 7) is 0.461. The minimum Gasteiger partial charge on any atom is -0.497 e. The Labute approximate surface area is 156 Å². The Kier molecular flexibility index (Phi) is 5.86. The molecule has 0 spiro atoms. The van der Waals surface area contributed by atoms with Gasteiger partial charge in [0.2, 0.25) is 17.7 Å². The number of methoxy groups -OCH3 is 1. The van der Waals surface area contributed by atoms with E-state index in [9.17, 15) is 4.79 Å². The first kappa shape index (κ1) is 17.9. The predicted molar refractivity (Wildman–Crippen MR) is 97.9 cm³/mol. The zero-order valence-electron chi connectivity index (χ0n) is 14.2. The van der Waals surface area contributed by atoms with Crippen LogP contribution in [0.5, 0.6) is 5.75 Å². The molecule has 7 heteroatoms. The second kappa shape index (κ2) is 8.49. The highest BCUT2D eigenvalue weighted by molar-refractivity contribution is 6.30. The number of nitrogens with one attached hydrogen (secondary N) is 1. The number of amides is 1. The highest BCUT2D eigenvalue weighted by atomic mass is 35.5. The van der Waals surface area contributed by atoms with Crippen molar-refractivity contribution in [3.8, 4) is 17.2 Å². The van der Waals surface area contributed by atoms with E-state index in [0.717, 1.165) is 16.9 Å². The Morgan fingerprint density at radius 1 is 1.12 bits per heavy atom. The summed E-state index contributed by atoms with van der Waals surface area (Å²) >= 11 is 5.86. The SMILES string of the molecule is COc1ccc(CNC(=O)CCc2nnc(-c3ccc(Cl)cc3)o2)cc1. The molecule has 0 aliphatic carbocycles. The van der Waals surface area contributed by atoms with E-state index in [0.29, 0.717) is 29.8 Å². The van der Waals surface area contributed by atoms with E-state index in [4.69, 9.17) is 20.8 Å². The number of aryl methyl sites for hydroxylation is 1. The first-order chi connectivity index (χ1) is 12.6. The van der Waals surface area contributed by atoms with E-state index in [-0.39, 0.29) is 12.3 Å². The molecule has 2 aromatic carbocycles. The van der Waals surface area contributed by atoms with Gasteiger partial charge in [0.15, 0.2) is 0 Å². The third kappa shape index (κ3) is 4.83. The maximum atomic E-state index is 12.0. The third-order valence-electron chi connectivity index (χ3n) is 3.77. The van der Waals surface area contributed by atoms with Gasteiger partial charge in [-0.15, -0.1) is 10.2 Å². The quantitative estimate of drug-likeness (QED) is 0.686. The lowest BCUT2D eigenvalue weighted by Gasteiger charge is -2.05. The van der Waals surface area contributed by atoms with Crippen molar-refractivity contribution < 1.29 is 13.9 Å². The van der Waals surface area contributed by atoms with Gasteiger partial charge in [0.1, 0.15) is 5.75 Å². The molecule has 1 aromatic heterocycles. The fraction of sp³-hybridized carbons (Fsp3) is 0.211. The molecule has 26 heavy (non-hydrogen) atoms. The number of carbonyl (C=O) groups is 1. The van der Waals surface area contributed by atoms with Crippen molar-refractivity contribution in [2.45, 2.75) is 19.4 Å². The smallest absolute Gasteiger partial charge is 0.247 e. The van der Waals surface area contributed by atoms with E-state index >= 15 is 0 Å². The average Bonchev–Trinajstić information content (AvgIpc) is 3.14. The first-order valence-electron chi connectivity index (χ1n) is 8.12. The van der Waals surface area contributed by atoms with Crippen LogP contribution in [-0.2, 0) is 17.8 Å². The summed E-state index contributed by atoms with van der Waals surface area (Å²) in [5, 5.41) is 11.5. The third-order valence-corrected chi connectivity index (χ3v) is 4.02. The fourth-order valence-electron chi connectivity index (χ4n) is 2.32. The van der Waals surface area contributed by atoms with Crippen molar-refractivity contribution in [3.63, 3.8) is 0 Å². The Bertz CT molecular complexity index is 860. The monoisotopic (exact) mass is 371 g/mol. The summed E-state index contributed by atoms with van der Waals surface area (Å²) in [6.07, 6.45) is 0.660. The van der Waals surface area contributed by atoms with Crippen molar-refractivity contribution in [1.82, 2.24) is 15.5 Å². The standard InChI is InChI=1S/C19H18ClN3O3/c1-25-16-8-2-13(3-9-16)12-21-17(24)10-11-18-22-23-19(26-18)14-4-6-15(20)7-5-14/h2-9H,10-12H2,1H3,(H,21,24). The molecule has 0 unspecified atom stereocenters. The number of rotatable bonds is 7. The summed E-state index contributed by atoms with van der Waals surface area (Å²) in [4.78, 5) is 12.0. The van der Waals surface area contributed by atoms with Crippen molar-refractivity contribution in [3.05, 3.63) is 65.0 Å². The summed E-state index contributed by atoms with van der Waals surface area (Å²) in [7, 11) is 1.62.